The van der Waals surface area contributed by atoms with E-state index in [1.54, 1.807) is 0 Å². The molecule has 0 saturated carbocycles. The smallest absolute Gasteiger partial charge is 0.356 e. The van der Waals surface area contributed by atoms with Crippen molar-refractivity contribution in [3.05, 3.63) is 29.8 Å². The summed E-state index contributed by atoms with van der Waals surface area (Å²) in [5.74, 6) is -1.92. The van der Waals surface area contributed by atoms with Crippen LogP contribution in [0.1, 0.15) is 31.2 Å². The van der Waals surface area contributed by atoms with Crippen molar-refractivity contribution in [2.24, 2.45) is 5.92 Å². The molecule has 2 saturated heterocycles. The van der Waals surface area contributed by atoms with Crippen LogP contribution < -0.4 is 10.2 Å². The quantitative estimate of drug-likeness (QED) is 0.571. The van der Waals surface area contributed by atoms with E-state index in [-0.39, 0.29) is 62.3 Å². The van der Waals surface area contributed by atoms with E-state index < -0.39 is 23.6 Å². The van der Waals surface area contributed by atoms with Gasteiger partial charge in [0.25, 0.3) is 0 Å². The van der Waals surface area contributed by atoms with Crippen LogP contribution in [-0.2, 0) is 25.4 Å². The average molecular weight is 411 g/mol. The summed E-state index contributed by atoms with van der Waals surface area (Å²) in [6.07, 6.45) is -3.80. The molecule has 1 aromatic rings. The van der Waals surface area contributed by atoms with Crippen molar-refractivity contribution in [1.29, 1.82) is 0 Å². The summed E-state index contributed by atoms with van der Waals surface area (Å²) in [6, 6.07) is 4.43. The van der Waals surface area contributed by atoms with Crippen LogP contribution in [0.3, 0.4) is 0 Å². The predicted octanol–water partition coefficient (Wildman–Crippen LogP) is 1.71. The van der Waals surface area contributed by atoms with E-state index in [4.69, 9.17) is 0 Å². The summed E-state index contributed by atoms with van der Waals surface area (Å²) in [7, 11) is 0. The highest BCUT2D eigenvalue weighted by atomic mass is 19.4. The fourth-order valence-corrected chi connectivity index (χ4v) is 3.45. The van der Waals surface area contributed by atoms with Gasteiger partial charge in [-0.15, -0.1) is 0 Å². The van der Waals surface area contributed by atoms with Gasteiger partial charge in [-0.05, 0) is 24.6 Å². The predicted molar refractivity (Wildman–Crippen MR) is 95.5 cm³/mol. The first-order chi connectivity index (χ1) is 13.7. The van der Waals surface area contributed by atoms with Gasteiger partial charge in [0.2, 0.25) is 23.6 Å². The molecular weight excluding hydrogens is 391 g/mol. The van der Waals surface area contributed by atoms with E-state index in [9.17, 15) is 32.3 Å². The summed E-state index contributed by atoms with van der Waals surface area (Å²) in [5.41, 5.74) is -0.757. The largest absolute Gasteiger partial charge is 0.416 e. The second-order valence-electron chi connectivity index (χ2n) is 7.04. The third kappa shape index (κ3) is 4.75. The number of carbonyl (C=O) groups excluding carboxylic acids is 4. The fourth-order valence-electron chi connectivity index (χ4n) is 3.45. The molecule has 29 heavy (non-hydrogen) atoms. The summed E-state index contributed by atoms with van der Waals surface area (Å²) < 4.78 is 38.6. The Labute approximate surface area is 164 Å². The number of imide groups is 1. The monoisotopic (exact) mass is 411 g/mol. The van der Waals surface area contributed by atoms with Crippen LogP contribution in [0.25, 0.3) is 0 Å². The minimum absolute atomic E-state index is 0.00489. The van der Waals surface area contributed by atoms with Gasteiger partial charge < -0.3 is 10.2 Å². The van der Waals surface area contributed by atoms with Gasteiger partial charge in [-0.2, -0.15) is 13.2 Å². The Bertz CT molecular complexity index is 824. The molecule has 1 unspecified atom stereocenters. The van der Waals surface area contributed by atoms with Crippen LogP contribution >= 0.6 is 0 Å². The lowest BCUT2D eigenvalue weighted by Gasteiger charge is -2.18. The average Bonchev–Trinajstić information content (AvgIpc) is 3.21. The Morgan fingerprint density at radius 3 is 2.45 bits per heavy atom. The molecule has 10 heteroatoms. The van der Waals surface area contributed by atoms with Gasteiger partial charge in [0.15, 0.2) is 0 Å². The number of hydrogen-bond donors (Lipinski definition) is 1. The molecule has 156 valence electrons. The second-order valence-corrected chi connectivity index (χ2v) is 7.04. The van der Waals surface area contributed by atoms with Gasteiger partial charge in [-0.1, -0.05) is 6.07 Å². The number of nitrogens with zero attached hydrogens (tertiary/aromatic N) is 2. The number of anilines is 1. The fraction of sp³-hybridized carbons (Fsp3) is 0.474. The Balaban J connectivity index is 1.51. The maximum absolute atomic E-state index is 12.9. The zero-order valence-corrected chi connectivity index (χ0v) is 15.5. The Kier molecular flexibility index (Phi) is 5.90. The molecule has 0 bridgehead atoms. The van der Waals surface area contributed by atoms with E-state index >= 15 is 0 Å². The van der Waals surface area contributed by atoms with Gasteiger partial charge in [-0.25, -0.2) is 0 Å². The van der Waals surface area contributed by atoms with Gasteiger partial charge in [0, 0.05) is 44.6 Å². The minimum Gasteiger partial charge on any atom is -0.356 e. The molecule has 7 nitrogen and oxygen atoms in total. The third-order valence-corrected chi connectivity index (χ3v) is 4.99. The number of hydrogen-bond acceptors (Lipinski definition) is 4. The second kappa shape index (κ2) is 8.22. The molecule has 4 amide bonds. The molecule has 2 fully saturated rings. The Hall–Kier alpha value is -2.91. The van der Waals surface area contributed by atoms with E-state index in [0.717, 1.165) is 12.1 Å². The summed E-state index contributed by atoms with van der Waals surface area (Å²) in [6.45, 7) is 0.442. The number of amides is 4. The first-order valence-electron chi connectivity index (χ1n) is 9.25. The van der Waals surface area contributed by atoms with Gasteiger partial charge >= 0.3 is 6.18 Å². The number of nitrogens with one attached hydrogen (secondary N) is 1. The van der Waals surface area contributed by atoms with Crippen molar-refractivity contribution in [3.63, 3.8) is 0 Å². The van der Waals surface area contributed by atoms with Crippen LogP contribution in [0.5, 0.6) is 0 Å². The molecule has 0 radical (unpaired) electrons. The number of carbonyl (C=O) groups is 4. The van der Waals surface area contributed by atoms with Crippen molar-refractivity contribution in [1.82, 2.24) is 10.2 Å². The third-order valence-electron chi connectivity index (χ3n) is 4.99. The number of benzene rings is 1. The maximum Gasteiger partial charge on any atom is 0.416 e. The molecule has 2 aliphatic rings. The molecule has 1 aromatic carbocycles. The molecule has 3 rings (SSSR count). The molecule has 1 atom stereocenters. The Morgan fingerprint density at radius 1 is 1.10 bits per heavy atom. The van der Waals surface area contributed by atoms with E-state index in [1.165, 1.54) is 21.9 Å². The van der Waals surface area contributed by atoms with Crippen molar-refractivity contribution in [2.75, 3.05) is 24.5 Å². The standard InChI is InChI=1S/C19H20F3N3O4/c20-19(21,22)13-3-1-4-14(10-13)25-11-12(9-17(25)28)18(29)23-7-2-8-24-15(26)5-6-16(24)27/h1,3-4,10,12H,2,5-9,11H2,(H,23,29). The number of rotatable bonds is 6. The first kappa shape index (κ1) is 20.8. The normalized spacial score (nSPS) is 20.0. The SMILES string of the molecule is O=C(NCCCN1C(=O)CCC1=O)C1CC(=O)N(c2cccc(C(F)(F)F)c2)C1. The zero-order valence-electron chi connectivity index (χ0n) is 15.5. The number of alkyl halides is 3. The lowest BCUT2D eigenvalue weighted by Crippen LogP contribution is -2.36. The Morgan fingerprint density at radius 2 is 1.79 bits per heavy atom. The van der Waals surface area contributed by atoms with Crippen LogP contribution in [0.2, 0.25) is 0 Å². The van der Waals surface area contributed by atoms with Crippen molar-refractivity contribution < 1.29 is 32.3 Å². The summed E-state index contributed by atoms with van der Waals surface area (Å²) >= 11 is 0. The molecule has 0 spiro atoms. The van der Waals surface area contributed by atoms with Gasteiger partial charge in [-0.3, -0.25) is 24.1 Å². The van der Waals surface area contributed by atoms with Crippen molar-refractivity contribution in [2.45, 2.75) is 31.9 Å². The highest BCUT2D eigenvalue weighted by Gasteiger charge is 2.37. The maximum atomic E-state index is 12.9. The van der Waals surface area contributed by atoms with E-state index in [2.05, 4.69) is 5.32 Å². The van der Waals surface area contributed by atoms with E-state index in [1.807, 2.05) is 0 Å². The topological polar surface area (TPSA) is 86.8 Å². The van der Waals surface area contributed by atoms with Gasteiger partial charge in [0.05, 0.1) is 11.5 Å². The lowest BCUT2D eigenvalue weighted by atomic mass is 10.1. The minimum atomic E-state index is -4.52. The molecule has 2 heterocycles. The molecule has 2 aliphatic heterocycles. The van der Waals surface area contributed by atoms with Gasteiger partial charge in [0.1, 0.15) is 0 Å². The zero-order chi connectivity index (χ0) is 21.2. The van der Waals surface area contributed by atoms with Crippen LogP contribution in [0.15, 0.2) is 24.3 Å². The molecular formula is C19H20F3N3O4. The first-order valence-corrected chi connectivity index (χ1v) is 9.25. The highest BCUT2D eigenvalue weighted by Crippen LogP contribution is 2.33. The van der Waals surface area contributed by atoms with Crippen LogP contribution in [0, 0.1) is 5.92 Å². The van der Waals surface area contributed by atoms with Crippen LogP contribution in [-0.4, -0.2) is 48.2 Å². The van der Waals surface area contributed by atoms with Crippen molar-refractivity contribution >= 4 is 29.3 Å². The highest BCUT2D eigenvalue weighted by molar-refractivity contribution is 6.02. The molecule has 1 N–H and O–H groups in total. The summed E-state index contributed by atoms with van der Waals surface area (Å²) in [4.78, 5) is 49.9. The van der Waals surface area contributed by atoms with Crippen LogP contribution in [0.4, 0.5) is 18.9 Å². The molecule has 0 aromatic heterocycles. The van der Waals surface area contributed by atoms with Crippen molar-refractivity contribution in [3.8, 4) is 0 Å². The number of likely N-dealkylation sites (tertiary alicyclic amines) is 1. The van der Waals surface area contributed by atoms with E-state index in [0.29, 0.717) is 6.42 Å². The number of halogens is 3. The molecule has 0 aliphatic carbocycles. The lowest BCUT2D eigenvalue weighted by molar-refractivity contribution is -0.139. The summed E-state index contributed by atoms with van der Waals surface area (Å²) in [5, 5.41) is 2.66.